The van der Waals surface area contributed by atoms with Gasteiger partial charge in [0.1, 0.15) is 0 Å². The fourth-order valence-corrected chi connectivity index (χ4v) is 4.36. The third-order valence-electron chi connectivity index (χ3n) is 6.33. The van der Waals surface area contributed by atoms with Crippen molar-refractivity contribution in [2.24, 2.45) is 5.92 Å². The topological polar surface area (TPSA) is 69.4 Å². The molecule has 2 saturated carbocycles. The number of rotatable bonds is 6. The molecular formula is C23H27N3O3. The summed E-state index contributed by atoms with van der Waals surface area (Å²) in [4.78, 5) is 5.03. The average Bonchev–Trinajstić information content (AvgIpc) is 3.62. The number of fused-ring (bicyclic) bond motifs is 1. The van der Waals surface area contributed by atoms with Crippen LogP contribution >= 0.6 is 0 Å². The van der Waals surface area contributed by atoms with E-state index in [9.17, 15) is 5.11 Å². The molecule has 0 aliphatic heterocycles. The molecule has 6 heteroatoms. The van der Waals surface area contributed by atoms with Gasteiger partial charge in [-0.25, -0.2) is 9.67 Å². The highest BCUT2D eigenvalue weighted by Gasteiger charge is 2.33. The Hall–Kier alpha value is -2.76. The molecule has 2 aliphatic carbocycles. The summed E-state index contributed by atoms with van der Waals surface area (Å²) < 4.78 is 12.8. The third kappa shape index (κ3) is 3.02. The molecule has 2 fully saturated rings. The van der Waals surface area contributed by atoms with Crippen molar-refractivity contribution in [3.63, 3.8) is 0 Å². The molecule has 0 bridgehead atoms. The Kier molecular flexibility index (Phi) is 4.19. The van der Waals surface area contributed by atoms with Crippen LogP contribution in [0.15, 0.2) is 18.2 Å². The Morgan fingerprint density at radius 1 is 1.10 bits per heavy atom. The monoisotopic (exact) mass is 393 g/mol. The summed E-state index contributed by atoms with van der Waals surface area (Å²) in [5.41, 5.74) is 4.98. The minimum Gasteiger partial charge on any atom is -0.504 e. The average molecular weight is 393 g/mol. The van der Waals surface area contributed by atoms with Gasteiger partial charge in [0.25, 0.3) is 0 Å². The molecular weight excluding hydrogens is 366 g/mol. The van der Waals surface area contributed by atoms with Gasteiger partial charge in [0.05, 0.1) is 31.6 Å². The van der Waals surface area contributed by atoms with Gasteiger partial charge in [0.2, 0.25) is 5.75 Å². The first-order valence-electron chi connectivity index (χ1n) is 10.4. The van der Waals surface area contributed by atoms with Gasteiger partial charge >= 0.3 is 0 Å². The molecule has 0 saturated heterocycles. The van der Waals surface area contributed by atoms with E-state index < -0.39 is 0 Å². The smallest absolute Gasteiger partial charge is 0.203 e. The molecule has 2 heterocycles. The summed E-state index contributed by atoms with van der Waals surface area (Å²) in [6.45, 7) is 4.34. The van der Waals surface area contributed by atoms with Crippen molar-refractivity contribution in [3.8, 4) is 28.5 Å². The lowest BCUT2D eigenvalue weighted by Crippen LogP contribution is -2.10. The van der Waals surface area contributed by atoms with Crippen LogP contribution in [0.1, 0.15) is 55.8 Å². The maximum Gasteiger partial charge on any atom is 0.203 e. The molecule has 0 amide bonds. The Bertz CT molecular complexity index is 1100. The van der Waals surface area contributed by atoms with Crippen molar-refractivity contribution in [2.75, 3.05) is 14.2 Å². The van der Waals surface area contributed by atoms with Gasteiger partial charge in [-0.05, 0) is 75.1 Å². The molecule has 2 aromatic heterocycles. The van der Waals surface area contributed by atoms with Crippen LogP contribution < -0.4 is 9.47 Å². The first-order chi connectivity index (χ1) is 14.0. The van der Waals surface area contributed by atoms with E-state index in [0.717, 1.165) is 22.6 Å². The van der Waals surface area contributed by atoms with Crippen LogP contribution in [-0.2, 0) is 0 Å². The van der Waals surface area contributed by atoms with Gasteiger partial charge in [-0.3, -0.25) is 0 Å². The highest BCUT2D eigenvalue weighted by molar-refractivity contribution is 5.86. The fraction of sp³-hybridized carbons (Fsp3) is 0.478. The molecule has 1 aromatic carbocycles. The zero-order valence-electron chi connectivity index (χ0n) is 17.4. The number of phenolic OH excluding ortho intramolecular Hbond substituents is 1. The zero-order chi connectivity index (χ0) is 20.3. The number of pyridine rings is 1. The van der Waals surface area contributed by atoms with Crippen molar-refractivity contribution in [1.29, 1.82) is 0 Å². The largest absolute Gasteiger partial charge is 0.504 e. The van der Waals surface area contributed by atoms with E-state index in [4.69, 9.17) is 19.6 Å². The fourth-order valence-electron chi connectivity index (χ4n) is 4.36. The Morgan fingerprint density at radius 2 is 1.86 bits per heavy atom. The summed E-state index contributed by atoms with van der Waals surface area (Å²) in [5, 5.41) is 16.5. The lowest BCUT2D eigenvalue weighted by atomic mass is 10.0. The van der Waals surface area contributed by atoms with Crippen molar-refractivity contribution in [3.05, 3.63) is 29.5 Å². The van der Waals surface area contributed by atoms with E-state index in [-0.39, 0.29) is 5.75 Å². The number of aromatic hydroxyl groups is 1. The van der Waals surface area contributed by atoms with Crippen LogP contribution in [-0.4, -0.2) is 34.1 Å². The molecule has 1 atom stereocenters. The van der Waals surface area contributed by atoms with Crippen molar-refractivity contribution >= 4 is 11.0 Å². The SMILES string of the molecule is COc1cc(-c2cc(C3CC3)c3c(C)nn(C(C)C4CC4)c3n2)cc(O)c1OC. The number of hydrogen-bond donors (Lipinski definition) is 1. The predicted molar refractivity (Wildman–Crippen MR) is 112 cm³/mol. The first kappa shape index (κ1) is 18.3. The first-order valence-corrected chi connectivity index (χ1v) is 10.4. The van der Waals surface area contributed by atoms with E-state index in [0.29, 0.717) is 29.4 Å². The van der Waals surface area contributed by atoms with Crippen LogP contribution in [0.25, 0.3) is 22.3 Å². The zero-order valence-corrected chi connectivity index (χ0v) is 17.4. The number of methoxy groups -OCH3 is 2. The minimum atomic E-state index is 0.0488. The highest BCUT2D eigenvalue weighted by Crippen LogP contribution is 2.47. The summed E-state index contributed by atoms with van der Waals surface area (Å²) in [7, 11) is 3.09. The van der Waals surface area contributed by atoms with E-state index in [1.807, 2.05) is 6.07 Å². The van der Waals surface area contributed by atoms with E-state index >= 15 is 0 Å². The summed E-state index contributed by atoms with van der Waals surface area (Å²) in [6.07, 6.45) is 4.94. The summed E-state index contributed by atoms with van der Waals surface area (Å²) >= 11 is 0. The molecule has 2 aliphatic rings. The Morgan fingerprint density at radius 3 is 2.48 bits per heavy atom. The molecule has 152 valence electrons. The third-order valence-corrected chi connectivity index (χ3v) is 6.33. The number of aryl methyl sites for hydroxylation is 1. The molecule has 29 heavy (non-hydrogen) atoms. The lowest BCUT2D eigenvalue weighted by molar-refractivity contribution is 0.333. The van der Waals surface area contributed by atoms with Gasteiger partial charge in [-0.1, -0.05) is 0 Å². The van der Waals surface area contributed by atoms with Crippen LogP contribution in [0, 0.1) is 12.8 Å². The van der Waals surface area contributed by atoms with Crippen LogP contribution in [0.5, 0.6) is 17.2 Å². The summed E-state index contributed by atoms with van der Waals surface area (Å²) in [6, 6.07) is 6.09. The summed E-state index contributed by atoms with van der Waals surface area (Å²) in [5.74, 6) is 2.14. The number of benzene rings is 1. The van der Waals surface area contributed by atoms with Gasteiger partial charge in [0.15, 0.2) is 17.1 Å². The van der Waals surface area contributed by atoms with Crippen LogP contribution in [0.3, 0.4) is 0 Å². The normalized spacial score (nSPS) is 17.5. The van der Waals surface area contributed by atoms with Crippen molar-refractivity contribution in [1.82, 2.24) is 14.8 Å². The van der Waals surface area contributed by atoms with E-state index in [2.05, 4.69) is 24.6 Å². The number of nitrogens with zero attached hydrogens (tertiary/aromatic N) is 3. The molecule has 6 nitrogen and oxygen atoms in total. The lowest BCUT2D eigenvalue weighted by Gasteiger charge is -2.15. The molecule has 1 unspecified atom stereocenters. The van der Waals surface area contributed by atoms with Crippen LogP contribution in [0.2, 0.25) is 0 Å². The van der Waals surface area contributed by atoms with Gasteiger partial charge in [-0.15, -0.1) is 0 Å². The molecule has 3 aromatic rings. The number of ether oxygens (including phenoxy) is 2. The highest BCUT2D eigenvalue weighted by atomic mass is 16.5. The van der Waals surface area contributed by atoms with Gasteiger partial charge < -0.3 is 14.6 Å². The van der Waals surface area contributed by atoms with Gasteiger partial charge in [-0.2, -0.15) is 5.10 Å². The van der Waals surface area contributed by atoms with E-state index in [1.165, 1.54) is 43.7 Å². The maximum atomic E-state index is 10.4. The molecule has 1 N–H and O–H groups in total. The number of hydrogen-bond acceptors (Lipinski definition) is 5. The second-order valence-corrected chi connectivity index (χ2v) is 8.41. The second kappa shape index (κ2) is 6.65. The quantitative estimate of drug-likeness (QED) is 0.640. The van der Waals surface area contributed by atoms with Crippen LogP contribution in [0.4, 0.5) is 0 Å². The maximum absolute atomic E-state index is 10.4. The minimum absolute atomic E-state index is 0.0488. The standard InChI is InChI=1S/C23H27N3O3/c1-12-21-17(15-7-8-15)11-18(16-9-19(27)22(29-4)20(10-16)28-3)24-23(21)26(25-12)13(2)14-5-6-14/h9-11,13-15,27H,5-8H2,1-4H3. The molecule has 0 radical (unpaired) electrons. The molecule has 5 rings (SSSR count). The van der Waals surface area contributed by atoms with Crippen molar-refractivity contribution in [2.45, 2.75) is 51.5 Å². The predicted octanol–water partition coefficient (Wildman–Crippen LogP) is 4.98. The van der Waals surface area contributed by atoms with Crippen molar-refractivity contribution < 1.29 is 14.6 Å². The second-order valence-electron chi connectivity index (χ2n) is 8.41. The number of aromatic nitrogens is 3. The van der Waals surface area contributed by atoms with Gasteiger partial charge in [0, 0.05) is 10.9 Å². The number of phenols is 1. The Balaban J connectivity index is 1.73. The van der Waals surface area contributed by atoms with E-state index in [1.54, 1.807) is 13.2 Å². The molecule has 0 spiro atoms. The Labute approximate surface area is 170 Å².